The van der Waals surface area contributed by atoms with E-state index in [0.29, 0.717) is 24.0 Å². The van der Waals surface area contributed by atoms with E-state index in [-0.39, 0.29) is 29.2 Å². The number of aromatic nitrogens is 3. The van der Waals surface area contributed by atoms with Crippen molar-refractivity contribution in [3.05, 3.63) is 36.2 Å². The molecule has 2 fully saturated rings. The Hall–Kier alpha value is -1.87. The van der Waals surface area contributed by atoms with Gasteiger partial charge in [0.1, 0.15) is 5.82 Å². The zero-order valence-corrected chi connectivity index (χ0v) is 18.2. The molecular formula is C20H26N4O3S2. The quantitative estimate of drug-likeness (QED) is 0.594. The van der Waals surface area contributed by atoms with Crippen LogP contribution in [-0.4, -0.2) is 63.8 Å². The number of benzene rings is 1. The highest BCUT2D eigenvalue weighted by Gasteiger charge is 2.34. The van der Waals surface area contributed by atoms with Gasteiger partial charge in [-0.25, -0.2) is 18.1 Å². The van der Waals surface area contributed by atoms with Gasteiger partial charge in [0.2, 0.25) is 11.1 Å². The Balaban J connectivity index is 1.46. The molecule has 7 nitrogen and oxygen atoms in total. The summed E-state index contributed by atoms with van der Waals surface area (Å²) in [5.41, 5.74) is 0.976. The Morgan fingerprint density at radius 3 is 2.62 bits per heavy atom. The number of hydrogen-bond donors (Lipinski definition) is 0. The lowest BCUT2D eigenvalue weighted by atomic mass is 10.2. The Kier molecular flexibility index (Phi) is 5.96. The van der Waals surface area contributed by atoms with Crippen molar-refractivity contribution in [2.75, 3.05) is 23.8 Å². The number of nitrogens with zero attached hydrogens (tertiary/aromatic N) is 4. The number of rotatable bonds is 8. The third kappa shape index (κ3) is 4.83. The molecule has 2 aliphatic rings. The summed E-state index contributed by atoms with van der Waals surface area (Å²) in [6.07, 6.45) is 3.58. The topological polar surface area (TPSA) is 85.2 Å². The molecule has 29 heavy (non-hydrogen) atoms. The molecular weight excluding hydrogens is 408 g/mol. The van der Waals surface area contributed by atoms with Gasteiger partial charge in [-0.1, -0.05) is 36.9 Å². The molecule has 1 aromatic carbocycles. The van der Waals surface area contributed by atoms with Crippen LogP contribution in [0, 0.1) is 0 Å². The number of thioether (sulfide) groups is 1. The third-order valence-electron chi connectivity index (χ3n) is 5.31. The Labute approximate surface area is 175 Å². The van der Waals surface area contributed by atoms with Crippen molar-refractivity contribution in [2.24, 2.45) is 0 Å². The second-order valence-electron chi connectivity index (χ2n) is 7.71. The summed E-state index contributed by atoms with van der Waals surface area (Å²) in [4.78, 5) is 19.3. The van der Waals surface area contributed by atoms with E-state index in [1.807, 2.05) is 41.9 Å². The maximum Gasteiger partial charge on any atom is 0.233 e. The van der Waals surface area contributed by atoms with Gasteiger partial charge in [0.25, 0.3) is 0 Å². The van der Waals surface area contributed by atoms with Crippen LogP contribution in [0.25, 0.3) is 5.69 Å². The van der Waals surface area contributed by atoms with Gasteiger partial charge in [0, 0.05) is 18.5 Å². The van der Waals surface area contributed by atoms with Crippen LogP contribution >= 0.6 is 11.8 Å². The molecule has 1 saturated heterocycles. The summed E-state index contributed by atoms with van der Waals surface area (Å²) in [6.45, 7) is 2.58. The van der Waals surface area contributed by atoms with Gasteiger partial charge in [-0.2, -0.15) is 0 Å². The molecule has 0 bridgehead atoms. The lowest BCUT2D eigenvalue weighted by Crippen LogP contribution is -2.42. The number of amides is 1. The second kappa shape index (κ2) is 8.47. The number of carbonyl (C=O) groups is 1. The van der Waals surface area contributed by atoms with Gasteiger partial charge in [-0.3, -0.25) is 4.79 Å². The maximum absolute atomic E-state index is 12.9. The summed E-state index contributed by atoms with van der Waals surface area (Å²) in [7, 11) is -3.02. The SMILES string of the molecule is CCCN(C(=O)CSc1nc(C2CC2)n(-c2ccccc2)n1)[C@H]1CCS(=O)(=O)C1. The molecule has 0 radical (unpaired) electrons. The van der Waals surface area contributed by atoms with Crippen LogP contribution in [0.15, 0.2) is 35.5 Å². The molecule has 1 atom stereocenters. The minimum absolute atomic E-state index is 0.0389. The largest absolute Gasteiger partial charge is 0.338 e. The number of sulfone groups is 1. The molecule has 1 aliphatic heterocycles. The molecule has 9 heteroatoms. The lowest BCUT2D eigenvalue weighted by Gasteiger charge is -2.27. The summed E-state index contributed by atoms with van der Waals surface area (Å²) in [6, 6.07) is 9.72. The molecule has 1 amide bonds. The number of carbonyl (C=O) groups excluding carboxylic acids is 1. The van der Waals surface area contributed by atoms with Gasteiger partial charge < -0.3 is 4.90 Å². The number of hydrogen-bond acceptors (Lipinski definition) is 6. The highest BCUT2D eigenvalue weighted by atomic mass is 32.2. The van der Waals surface area contributed by atoms with Crippen LogP contribution in [-0.2, 0) is 14.6 Å². The maximum atomic E-state index is 12.9. The highest BCUT2D eigenvalue weighted by Crippen LogP contribution is 2.40. The minimum Gasteiger partial charge on any atom is -0.338 e. The van der Waals surface area contributed by atoms with E-state index in [1.165, 1.54) is 11.8 Å². The van der Waals surface area contributed by atoms with Crippen molar-refractivity contribution in [3.63, 3.8) is 0 Å². The Bertz CT molecular complexity index is 971. The monoisotopic (exact) mass is 434 g/mol. The zero-order chi connectivity index (χ0) is 20.4. The molecule has 1 saturated carbocycles. The zero-order valence-electron chi connectivity index (χ0n) is 16.5. The van der Waals surface area contributed by atoms with Crippen molar-refractivity contribution < 1.29 is 13.2 Å². The van der Waals surface area contributed by atoms with E-state index in [9.17, 15) is 13.2 Å². The Morgan fingerprint density at radius 1 is 1.24 bits per heavy atom. The molecule has 0 unspecified atom stereocenters. The fourth-order valence-electron chi connectivity index (χ4n) is 3.71. The lowest BCUT2D eigenvalue weighted by molar-refractivity contribution is -0.130. The molecule has 156 valence electrons. The van der Waals surface area contributed by atoms with E-state index in [1.54, 1.807) is 4.90 Å². The van der Waals surface area contributed by atoms with Crippen molar-refractivity contribution >= 4 is 27.5 Å². The molecule has 1 aliphatic carbocycles. The Morgan fingerprint density at radius 2 is 2.00 bits per heavy atom. The first kappa shape index (κ1) is 20.4. The van der Waals surface area contributed by atoms with Gasteiger partial charge >= 0.3 is 0 Å². The smallest absolute Gasteiger partial charge is 0.233 e. The van der Waals surface area contributed by atoms with Crippen LogP contribution in [0.1, 0.15) is 44.3 Å². The van der Waals surface area contributed by atoms with E-state index >= 15 is 0 Å². The second-order valence-corrected chi connectivity index (χ2v) is 10.9. The fraction of sp³-hybridized carbons (Fsp3) is 0.550. The minimum atomic E-state index is -3.02. The highest BCUT2D eigenvalue weighted by molar-refractivity contribution is 7.99. The molecule has 2 heterocycles. The average molecular weight is 435 g/mol. The van der Waals surface area contributed by atoms with Gasteiger partial charge in [-0.05, 0) is 37.8 Å². The average Bonchev–Trinajstić information content (AvgIpc) is 3.37. The fourth-order valence-corrected chi connectivity index (χ4v) is 6.16. The van der Waals surface area contributed by atoms with Gasteiger partial charge in [0.15, 0.2) is 9.84 Å². The molecule has 4 rings (SSSR count). The predicted octanol–water partition coefficient (Wildman–Crippen LogP) is 2.66. The third-order valence-corrected chi connectivity index (χ3v) is 7.89. The van der Waals surface area contributed by atoms with Gasteiger partial charge in [0.05, 0.1) is 22.9 Å². The van der Waals surface area contributed by atoms with Crippen molar-refractivity contribution in [1.82, 2.24) is 19.7 Å². The van der Waals surface area contributed by atoms with E-state index < -0.39 is 9.84 Å². The van der Waals surface area contributed by atoms with E-state index in [4.69, 9.17) is 4.98 Å². The number of para-hydroxylation sites is 1. The summed E-state index contributed by atoms with van der Waals surface area (Å²) in [5.74, 6) is 1.83. The van der Waals surface area contributed by atoms with E-state index in [0.717, 1.165) is 30.8 Å². The van der Waals surface area contributed by atoms with Crippen LogP contribution in [0.5, 0.6) is 0 Å². The van der Waals surface area contributed by atoms with Gasteiger partial charge in [-0.15, -0.1) is 5.10 Å². The van der Waals surface area contributed by atoms with Crippen molar-refractivity contribution in [1.29, 1.82) is 0 Å². The first-order valence-corrected chi connectivity index (χ1v) is 12.9. The molecule has 1 aromatic heterocycles. The van der Waals surface area contributed by atoms with E-state index in [2.05, 4.69) is 5.10 Å². The van der Waals surface area contributed by atoms with Crippen LogP contribution in [0.3, 0.4) is 0 Å². The summed E-state index contributed by atoms with van der Waals surface area (Å²) in [5, 5.41) is 5.24. The first-order chi connectivity index (χ1) is 14.0. The van der Waals surface area contributed by atoms with Crippen molar-refractivity contribution in [3.8, 4) is 5.69 Å². The molecule has 0 spiro atoms. The molecule has 2 aromatic rings. The first-order valence-electron chi connectivity index (χ1n) is 10.1. The predicted molar refractivity (Wildman–Crippen MR) is 113 cm³/mol. The molecule has 0 N–H and O–H groups in total. The van der Waals surface area contributed by atoms with Crippen LogP contribution in [0.2, 0.25) is 0 Å². The standard InChI is InChI=1S/C20H26N4O3S2/c1-2-11-23(17-10-12-29(26,27)14-17)18(25)13-28-20-21-19(15-8-9-15)24(22-20)16-6-4-3-5-7-16/h3-7,15,17H,2,8-14H2,1H3/t17-/m0/s1. The summed E-state index contributed by atoms with van der Waals surface area (Å²) < 4.78 is 25.5. The van der Waals surface area contributed by atoms with Crippen LogP contribution in [0.4, 0.5) is 0 Å². The van der Waals surface area contributed by atoms with Crippen molar-refractivity contribution in [2.45, 2.75) is 49.7 Å². The summed E-state index contributed by atoms with van der Waals surface area (Å²) >= 11 is 1.33. The van der Waals surface area contributed by atoms with Crippen LogP contribution < -0.4 is 0 Å². The normalized spacial score (nSPS) is 20.7.